The fourth-order valence-electron chi connectivity index (χ4n) is 3.11. The Morgan fingerprint density at radius 3 is 2.81 bits per heavy atom. The van der Waals surface area contributed by atoms with Gasteiger partial charge in [0.25, 0.3) is 0 Å². The van der Waals surface area contributed by atoms with Crippen molar-refractivity contribution in [3.8, 4) is 0 Å². The second-order valence-electron chi connectivity index (χ2n) is 5.95. The van der Waals surface area contributed by atoms with Crippen molar-refractivity contribution in [3.63, 3.8) is 0 Å². The smallest absolute Gasteiger partial charge is 0.175 e. The van der Waals surface area contributed by atoms with Crippen LogP contribution in [0.2, 0.25) is 0 Å². The van der Waals surface area contributed by atoms with Crippen molar-refractivity contribution in [1.82, 2.24) is 15.3 Å². The lowest BCUT2D eigenvalue weighted by atomic mass is 9.77. The Kier molecular flexibility index (Phi) is 3.53. The zero-order chi connectivity index (χ0) is 15.1. The molecule has 1 atom stereocenters. The molecule has 2 aromatic rings. The highest BCUT2D eigenvalue weighted by Gasteiger charge is 2.35. The lowest BCUT2D eigenvalue weighted by Crippen LogP contribution is -2.43. The van der Waals surface area contributed by atoms with Crippen molar-refractivity contribution in [1.29, 1.82) is 0 Å². The molecule has 6 heteroatoms. The minimum atomic E-state index is -3.19. The van der Waals surface area contributed by atoms with Gasteiger partial charge in [-0.1, -0.05) is 6.92 Å². The number of aromatic amines is 1. The van der Waals surface area contributed by atoms with Gasteiger partial charge in [0.15, 0.2) is 9.84 Å². The highest BCUT2D eigenvalue weighted by Crippen LogP contribution is 2.34. The van der Waals surface area contributed by atoms with Crippen LogP contribution < -0.4 is 5.32 Å². The molecule has 114 valence electrons. The van der Waals surface area contributed by atoms with Crippen LogP contribution >= 0.6 is 0 Å². The molecule has 0 saturated carbocycles. The number of piperidine rings is 1. The Bertz CT molecular complexity index is 758. The summed E-state index contributed by atoms with van der Waals surface area (Å²) in [5, 5.41) is 3.45. The predicted molar refractivity (Wildman–Crippen MR) is 83.3 cm³/mol. The first kappa shape index (κ1) is 14.5. The zero-order valence-corrected chi connectivity index (χ0v) is 13.3. The third-order valence-electron chi connectivity index (χ3n) is 4.53. The molecule has 2 heterocycles. The van der Waals surface area contributed by atoms with Crippen LogP contribution in [-0.4, -0.2) is 37.7 Å². The van der Waals surface area contributed by atoms with Gasteiger partial charge in [-0.3, -0.25) is 0 Å². The first-order chi connectivity index (χ1) is 9.94. The Labute approximate surface area is 125 Å². The summed E-state index contributed by atoms with van der Waals surface area (Å²) in [6.07, 6.45) is 4.48. The van der Waals surface area contributed by atoms with Gasteiger partial charge in [-0.2, -0.15) is 0 Å². The summed E-state index contributed by atoms with van der Waals surface area (Å²) in [4.78, 5) is 8.40. The highest BCUT2D eigenvalue weighted by molar-refractivity contribution is 7.90. The highest BCUT2D eigenvalue weighted by atomic mass is 32.2. The summed E-state index contributed by atoms with van der Waals surface area (Å²) in [6, 6.07) is 5.09. The van der Waals surface area contributed by atoms with Crippen LogP contribution in [0.3, 0.4) is 0 Å². The van der Waals surface area contributed by atoms with E-state index in [1.807, 2.05) is 0 Å². The normalized spacial score (nSPS) is 23.5. The number of sulfone groups is 1. The molecule has 0 spiro atoms. The monoisotopic (exact) mass is 307 g/mol. The topological polar surface area (TPSA) is 74.8 Å². The third-order valence-corrected chi connectivity index (χ3v) is 5.64. The number of fused-ring (bicyclic) bond motifs is 1. The third kappa shape index (κ3) is 2.58. The number of hydrogen-bond donors (Lipinski definition) is 2. The summed E-state index contributed by atoms with van der Waals surface area (Å²) in [6.45, 7) is 4.16. The summed E-state index contributed by atoms with van der Waals surface area (Å²) < 4.78 is 23.3. The largest absolute Gasteiger partial charge is 0.341 e. The quantitative estimate of drug-likeness (QED) is 0.909. The lowest BCUT2D eigenvalue weighted by Gasteiger charge is -2.35. The second-order valence-corrected chi connectivity index (χ2v) is 7.97. The number of nitrogens with zero attached hydrogens (tertiary/aromatic N) is 1. The number of hydrogen-bond acceptors (Lipinski definition) is 4. The van der Waals surface area contributed by atoms with E-state index in [1.165, 1.54) is 6.26 Å². The van der Waals surface area contributed by atoms with Crippen molar-refractivity contribution in [2.45, 2.75) is 36.5 Å². The average molecular weight is 307 g/mol. The number of nitrogens with one attached hydrogen (secondary N) is 2. The number of rotatable bonds is 3. The number of imidazole rings is 1. The molecule has 5 nitrogen and oxygen atoms in total. The maximum Gasteiger partial charge on any atom is 0.175 e. The molecule has 1 aliphatic rings. The van der Waals surface area contributed by atoms with E-state index in [1.54, 1.807) is 18.2 Å². The molecule has 0 bridgehead atoms. The summed E-state index contributed by atoms with van der Waals surface area (Å²) in [5.41, 5.74) is 1.66. The van der Waals surface area contributed by atoms with Gasteiger partial charge in [-0.25, -0.2) is 13.4 Å². The number of H-pyrrole nitrogens is 1. The van der Waals surface area contributed by atoms with Gasteiger partial charge < -0.3 is 10.3 Å². The van der Waals surface area contributed by atoms with Gasteiger partial charge in [0.2, 0.25) is 0 Å². The fraction of sp³-hybridized carbons (Fsp3) is 0.533. The Morgan fingerprint density at radius 1 is 1.38 bits per heavy atom. The van der Waals surface area contributed by atoms with E-state index in [0.29, 0.717) is 4.90 Å². The summed E-state index contributed by atoms with van der Waals surface area (Å²) in [5.74, 6) is 0.970. The van der Waals surface area contributed by atoms with Crippen LogP contribution in [0.25, 0.3) is 11.0 Å². The van der Waals surface area contributed by atoms with E-state index in [2.05, 4.69) is 17.2 Å². The average Bonchev–Trinajstić information content (AvgIpc) is 2.90. The first-order valence-corrected chi connectivity index (χ1v) is 9.25. The minimum Gasteiger partial charge on any atom is -0.341 e. The summed E-state index contributed by atoms with van der Waals surface area (Å²) >= 11 is 0. The van der Waals surface area contributed by atoms with Crippen LogP contribution in [0, 0.1) is 0 Å². The first-order valence-electron chi connectivity index (χ1n) is 7.36. The molecule has 0 radical (unpaired) electrons. The maximum atomic E-state index is 11.7. The van der Waals surface area contributed by atoms with E-state index in [-0.39, 0.29) is 5.41 Å². The zero-order valence-electron chi connectivity index (χ0n) is 12.4. The number of benzene rings is 1. The molecule has 1 unspecified atom stereocenters. The second kappa shape index (κ2) is 5.10. The van der Waals surface area contributed by atoms with Crippen LogP contribution in [0.5, 0.6) is 0 Å². The molecule has 1 saturated heterocycles. The fourth-order valence-corrected chi connectivity index (χ4v) is 3.76. The molecule has 21 heavy (non-hydrogen) atoms. The van der Waals surface area contributed by atoms with Crippen molar-refractivity contribution in [2.75, 3.05) is 19.3 Å². The molecule has 1 aromatic heterocycles. The molecule has 0 aliphatic carbocycles. The predicted octanol–water partition coefficient (Wildman–Crippen LogP) is 2.00. The van der Waals surface area contributed by atoms with Crippen LogP contribution in [0.4, 0.5) is 0 Å². The van der Waals surface area contributed by atoms with Gasteiger partial charge in [0.05, 0.1) is 15.9 Å². The van der Waals surface area contributed by atoms with E-state index in [4.69, 9.17) is 4.98 Å². The number of aromatic nitrogens is 2. The molecule has 3 rings (SSSR count). The Balaban J connectivity index is 2.08. The van der Waals surface area contributed by atoms with E-state index in [9.17, 15) is 8.42 Å². The van der Waals surface area contributed by atoms with Crippen LogP contribution in [0.15, 0.2) is 23.1 Å². The van der Waals surface area contributed by atoms with Crippen molar-refractivity contribution in [3.05, 3.63) is 24.0 Å². The SMILES string of the molecule is CCC1(c2nc3ccc(S(C)(=O)=O)cc3[nH]2)CCCNC1. The lowest BCUT2D eigenvalue weighted by molar-refractivity contribution is 0.290. The van der Waals surface area contributed by atoms with Crippen molar-refractivity contribution in [2.24, 2.45) is 0 Å². The maximum absolute atomic E-state index is 11.7. The molecular weight excluding hydrogens is 286 g/mol. The van der Waals surface area contributed by atoms with Gasteiger partial charge in [0.1, 0.15) is 5.82 Å². The molecular formula is C15H21N3O2S. The van der Waals surface area contributed by atoms with Crippen molar-refractivity contribution < 1.29 is 8.42 Å². The van der Waals surface area contributed by atoms with E-state index < -0.39 is 9.84 Å². The van der Waals surface area contributed by atoms with E-state index in [0.717, 1.165) is 49.2 Å². The van der Waals surface area contributed by atoms with Gasteiger partial charge in [-0.05, 0) is 44.0 Å². The Morgan fingerprint density at radius 2 is 2.19 bits per heavy atom. The van der Waals surface area contributed by atoms with Gasteiger partial charge in [0, 0.05) is 18.2 Å². The van der Waals surface area contributed by atoms with Crippen molar-refractivity contribution >= 4 is 20.9 Å². The standard InChI is InChI=1S/C15H21N3O2S/c1-3-15(7-4-8-16-10-15)14-17-12-6-5-11(21(2,19)20)9-13(12)18-14/h5-6,9,16H,3-4,7-8,10H2,1-2H3,(H,17,18). The molecule has 1 fully saturated rings. The van der Waals surface area contributed by atoms with Crippen LogP contribution in [-0.2, 0) is 15.3 Å². The molecule has 1 aromatic carbocycles. The molecule has 2 N–H and O–H groups in total. The minimum absolute atomic E-state index is 0.0303. The van der Waals surface area contributed by atoms with Gasteiger partial charge in [-0.15, -0.1) is 0 Å². The van der Waals surface area contributed by atoms with E-state index >= 15 is 0 Å². The molecule has 0 amide bonds. The molecule has 1 aliphatic heterocycles. The van der Waals surface area contributed by atoms with Crippen LogP contribution in [0.1, 0.15) is 32.0 Å². The van der Waals surface area contributed by atoms with Gasteiger partial charge >= 0.3 is 0 Å². The Hall–Kier alpha value is -1.40. The summed E-state index contributed by atoms with van der Waals surface area (Å²) in [7, 11) is -3.19.